The third kappa shape index (κ3) is 5.77. The predicted molar refractivity (Wildman–Crippen MR) is 151 cm³/mol. The number of halogens is 2. The number of alkyl halides is 2. The van der Waals surface area contributed by atoms with E-state index in [1.54, 1.807) is 35.4 Å². The van der Waals surface area contributed by atoms with E-state index in [1.165, 1.54) is 24.6 Å². The van der Waals surface area contributed by atoms with Crippen molar-refractivity contribution < 1.29 is 27.0 Å². The fourth-order valence-corrected chi connectivity index (χ4v) is 6.56. The van der Waals surface area contributed by atoms with Gasteiger partial charge in [0.15, 0.2) is 5.82 Å². The lowest BCUT2D eigenvalue weighted by Gasteiger charge is -2.35. The Morgan fingerprint density at radius 1 is 1.02 bits per heavy atom. The second kappa shape index (κ2) is 10.7. The maximum Gasteiger partial charge on any atom is 0.251 e. The summed E-state index contributed by atoms with van der Waals surface area (Å²) in [5.41, 5.74) is 2.88. The Morgan fingerprint density at radius 2 is 1.71 bits per heavy atom. The molecule has 3 fully saturated rings. The molecule has 4 heterocycles. The van der Waals surface area contributed by atoms with Gasteiger partial charge in [-0.3, -0.25) is 0 Å². The fourth-order valence-electron chi connectivity index (χ4n) is 5.82. The molecule has 1 aliphatic carbocycles. The van der Waals surface area contributed by atoms with Crippen LogP contribution in [0.25, 0.3) is 17.1 Å². The average molecular weight is 605 g/mol. The van der Waals surface area contributed by atoms with Crippen molar-refractivity contribution in [2.24, 2.45) is 10.6 Å². The van der Waals surface area contributed by atoms with E-state index in [0.29, 0.717) is 22.5 Å². The Labute approximate surface area is 242 Å². The monoisotopic (exact) mass is 604 g/mol. The summed E-state index contributed by atoms with van der Waals surface area (Å²) < 4.78 is 58.7. The number of primary sulfonamides is 1. The highest BCUT2D eigenvalue weighted by atomic mass is 32.2. The van der Waals surface area contributed by atoms with E-state index >= 15 is 0 Å². The molecule has 1 saturated carbocycles. The number of aliphatic hydroxyl groups excluding tert-OH is 1. The van der Waals surface area contributed by atoms with Gasteiger partial charge >= 0.3 is 0 Å². The summed E-state index contributed by atoms with van der Waals surface area (Å²) in [5.74, 6) is -1.82. The molecule has 226 valence electrons. The highest BCUT2D eigenvalue weighted by molar-refractivity contribution is 7.89. The second-order valence-corrected chi connectivity index (χ2v) is 13.2. The zero-order valence-corrected chi connectivity index (χ0v) is 24.1. The zero-order chi connectivity index (χ0) is 29.7. The zero-order valence-electron chi connectivity index (χ0n) is 23.3. The summed E-state index contributed by atoms with van der Waals surface area (Å²) in [6.45, 7) is 1.21. The van der Waals surface area contributed by atoms with E-state index in [4.69, 9.17) is 9.88 Å². The van der Waals surface area contributed by atoms with Crippen molar-refractivity contribution in [1.82, 2.24) is 25.0 Å². The number of aromatic nitrogens is 5. The van der Waals surface area contributed by atoms with Crippen LogP contribution >= 0.6 is 0 Å². The van der Waals surface area contributed by atoms with Crippen LogP contribution in [0.4, 0.5) is 20.4 Å². The summed E-state index contributed by atoms with van der Waals surface area (Å²) in [7, 11) is -2.57. The van der Waals surface area contributed by atoms with Crippen LogP contribution in [-0.2, 0) is 10.0 Å². The van der Waals surface area contributed by atoms with Crippen LogP contribution < -0.4 is 19.7 Å². The normalized spacial score (nSPS) is 20.5. The maximum atomic E-state index is 13.7. The summed E-state index contributed by atoms with van der Waals surface area (Å²) in [6, 6.07) is 6.76. The molecule has 1 unspecified atom stereocenters. The standard InChI is InChI=1S/C27H34F2N8O4S/c1-41-24-15-23(31-25(32-24)36-12-8-27(28,29)9-13-36)37-16-20(33-34-37)19-3-2-18(22(17-38)42(30,39)40)14-21(19)35-10-6-26(4-5-26)7-11-35/h2-3,14-16,22,38H,4-13,17H2,1H3,(H2,30,39,40). The summed E-state index contributed by atoms with van der Waals surface area (Å²) in [5, 5.41) is 22.7. The lowest BCUT2D eigenvalue weighted by Crippen LogP contribution is -2.40. The van der Waals surface area contributed by atoms with Crippen LogP contribution in [0, 0.1) is 5.41 Å². The number of rotatable bonds is 8. The molecule has 6 rings (SSSR count). The fraction of sp³-hybridized carbons (Fsp3) is 0.556. The van der Waals surface area contributed by atoms with Crippen molar-refractivity contribution in [3.8, 4) is 23.0 Å². The van der Waals surface area contributed by atoms with Crippen molar-refractivity contribution >= 4 is 21.7 Å². The number of nitrogens with two attached hydrogens (primary N) is 1. The van der Waals surface area contributed by atoms with Crippen LogP contribution in [0.5, 0.6) is 5.88 Å². The van der Waals surface area contributed by atoms with Gasteiger partial charge in [-0.15, -0.1) is 5.10 Å². The van der Waals surface area contributed by atoms with E-state index in [1.807, 2.05) is 0 Å². The topological polar surface area (TPSA) is 153 Å². The molecule has 2 aliphatic heterocycles. The summed E-state index contributed by atoms with van der Waals surface area (Å²) in [6.07, 6.45) is 5.71. The summed E-state index contributed by atoms with van der Waals surface area (Å²) >= 11 is 0. The highest BCUT2D eigenvalue weighted by Crippen LogP contribution is 2.54. The maximum absolute atomic E-state index is 13.7. The third-order valence-electron chi connectivity index (χ3n) is 8.75. The van der Waals surface area contributed by atoms with E-state index in [2.05, 4.69) is 25.2 Å². The van der Waals surface area contributed by atoms with E-state index in [9.17, 15) is 22.3 Å². The molecule has 1 atom stereocenters. The van der Waals surface area contributed by atoms with Gasteiger partial charge in [0.1, 0.15) is 10.9 Å². The van der Waals surface area contributed by atoms with Gasteiger partial charge in [-0.1, -0.05) is 17.3 Å². The first-order valence-electron chi connectivity index (χ1n) is 14.0. The number of piperidine rings is 2. The highest BCUT2D eigenvalue weighted by Gasteiger charge is 2.44. The minimum absolute atomic E-state index is 0.113. The smallest absolute Gasteiger partial charge is 0.251 e. The Bertz CT molecular complexity index is 1560. The Kier molecular flexibility index (Phi) is 7.30. The van der Waals surface area contributed by atoms with Crippen molar-refractivity contribution in [2.75, 3.05) is 49.7 Å². The molecular weight excluding hydrogens is 570 g/mol. The number of nitrogens with zero attached hydrogens (tertiary/aromatic N) is 7. The SMILES string of the molecule is COc1cc(-n2cc(-c3ccc(C(CO)S(N)(=O)=O)cc3N3CCC4(CC3)CC4)nn2)nc(N2CCC(F)(F)CC2)n1. The van der Waals surface area contributed by atoms with E-state index in [-0.39, 0.29) is 37.8 Å². The first kappa shape index (κ1) is 28.7. The van der Waals surface area contributed by atoms with Crippen LogP contribution in [0.15, 0.2) is 30.5 Å². The number of hydrogen-bond acceptors (Lipinski definition) is 10. The molecule has 0 radical (unpaired) electrons. The van der Waals surface area contributed by atoms with Crippen LogP contribution in [0.3, 0.4) is 0 Å². The number of sulfonamides is 1. The van der Waals surface area contributed by atoms with Gasteiger partial charge in [0.2, 0.25) is 21.9 Å². The molecule has 3 aliphatic rings. The average Bonchev–Trinajstić information content (AvgIpc) is 3.52. The van der Waals surface area contributed by atoms with Crippen LogP contribution in [-0.4, -0.2) is 84.3 Å². The van der Waals surface area contributed by atoms with Crippen LogP contribution in [0.1, 0.15) is 49.3 Å². The third-order valence-corrected chi connectivity index (χ3v) is 9.96. The molecule has 12 nitrogen and oxygen atoms in total. The molecule has 3 N–H and O–H groups in total. The first-order chi connectivity index (χ1) is 20.0. The minimum atomic E-state index is -4.03. The van der Waals surface area contributed by atoms with Crippen molar-refractivity contribution in [3.63, 3.8) is 0 Å². The summed E-state index contributed by atoms with van der Waals surface area (Å²) in [4.78, 5) is 12.8. The molecule has 2 aromatic heterocycles. The Balaban J connectivity index is 1.35. The van der Waals surface area contributed by atoms with E-state index < -0.39 is 27.8 Å². The molecule has 0 amide bonds. The number of anilines is 2. The molecule has 0 bridgehead atoms. The Hall–Kier alpha value is -3.43. The number of ether oxygens (including phenoxy) is 1. The van der Waals surface area contributed by atoms with E-state index in [0.717, 1.165) is 37.2 Å². The second-order valence-electron chi connectivity index (χ2n) is 11.5. The van der Waals surface area contributed by atoms with Crippen LogP contribution in [0.2, 0.25) is 0 Å². The number of benzene rings is 1. The van der Waals surface area contributed by atoms with Crippen molar-refractivity contribution in [3.05, 3.63) is 36.0 Å². The molecule has 2 saturated heterocycles. The Morgan fingerprint density at radius 3 is 2.33 bits per heavy atom. The molecule has 42 heavy (non-hydrogen) atoms. The molecule has 1 spiro atoms. The number of aliphatic hydroxyl groups is 1. The van der Waals surface area contributed by atoms with Gasteiger partial charge in [0.25, 0.3) is 5.92 Å². The van der Waals surface area contributed by atoms with Gasteiger partial charge in [-0.05, 0) is 42.7 Å². The van der Waals surface area contributed by atoms with Gasteiger partial charge in [0.05, 0.1) is 19.9 Å². The van der Waals surface area contributed by atoms with Gasteiger partial charge in [0, 0.05) is 56.3 Å². The minimum Gasteiger partial charge on any atom is -0.481 e. The number of hydrogen-bond donors (Lipinski definition) is 2. The first-order valence-corrected chi connectivity index (χ1v) is 15.6. The molecular formula is C27H34F2N8O4S. The largest absolute Gasteiger partial charge is 0.481 e. The van der Waals surface area contributed by atoms with Gasteiger partial charge in [-0.25, -0.2) is 27.0 Å². The number of methoxy groups -OCH3 is 1. The quantitative estimate of drug-likeness (QED) is 0.392. The van der Waals surface area contributed by atoms with Gasteiger partial charge < -0.3 is 19.6 Å². The van der Waals surface area contributed by atoms with Crippen molar-refractivity contribution in [1.29, 1.82) is 0 Å². The lowest BCUT2D eigenvalue weighted by atomic mass is 9.92. The molecule has 3 aromatic rings. The predicted octanol–water partition coefficient (Wildman–Crippen LogP) is 2.67. The van der Waals surface area contributed by atoms with Crippen molar-refractivity contribution in [2.45, 2.75) is 49.7 Å². The van der Waals surface area contributed by atoms with Gasteiger partial charge in [-0.2, -0.15) is 9.97 Å². The molecule has 15 heteroatoms. The molecule has 1 aromatic carbocycles. The lowest BCUT2D eigenvalue weighted by molar-refractivity contribution is -0.0222.